The van der Waals surface area contributed by atoms with Gasteiger partial charge in [-0.25, -0.2) is 0 Å². The molecule has 2 rings (SSSR count). The van der Waals surface area contributed by atoms with Crippen molar-refractivity contribution in [3.8, 4) is 0 Å². The standard InChI is InChI=1S/C18H24N2O/c1-2-20(15-17-6-4-3-5-7-17)18-10-8-16(9-11-18)14-19-12-13-21/h3-11,19,21H,2,12-15H2,1H3. The first-order chi connectivity index (χ1) is 10.3. The average Bonchev–Trinajstić information content (AvgIpc) is 2.55. The van der Waals surface area contributed by atoms with Gasteiger partial charge < -0.3 is 15.3 Å². The van der Waals surface area contributed by atoms with Crippen molar-refractivity contribution in [2.24, 2.45) is 0 Å². The molecular weight excluding hydrogens is 260 g/mol. The summed E-state index contributed by atoms with van der Waals surface area (Å²) < 4.78 is 0. The van der Waals surface area contributed by atoms with Crippen LogP contribution >= 0.6 is 0 Å². The lowest BCUT2D eigenvalue weighted by molar-refractivity contribution is 0.292. The van der Waals surface area contributed by atoms with Crippen LogP contribution in [0.3, 0.4) is 0 Å². The molecule has 0 fully saturated rings. The zero-order valence-corrected chi connectivity index (χ0v) is 12.6. The summed E-state index contributed by atoms with van der Waals surface area (Å²) in [5.74, 6) is 0. The van der Waals surface area contributed by atoms with Crippen LogP contribution in [0.2, 0.25) is 0 Å². The zero-order chi connectivity index (χ0) is 14.9. The molecule has 0 atom stereocenters. The number of rotatable bonds is 8. The average molecular weight is 284 g/mol. The Labute approximate surface area is 127 Å². The maximum absolute atomic E-state index is 8.76. The number of benzene rings is 2. The van der Waals surface area contributed by atoms with Crippen molar-refractivity contribution in [3.63, 3.8) is 0 Å². The summed E-state index contributed by atoms with van der Waals surface area (Å²) in [5, 5.41) is 12.0. The fourth-order valence-corrected chi connectivity index (χ4v) is 2.33. The first kappa shape index (κ1) is 15.5. The van der Waals surface area contributed by atoms with Crippen molar-refractivity contribution in [1.29, 1.82) is 0 Å². The highest BCUT2D eigenvalue weighted by atomic mass is 16.3. The Morgan fingerprint density at radius 3 is 2.29 bits per heavy atom. The third kappa shape index (κ3) is 4.88. The number of aliphatic hydroxyl groups is 1. The largest absolute Gasteiger partial charge is 0.395 e. The Morgan fingerprint density at radius 1 is 0.952 bits per heavy atom. The summed E-state index contributed by atoms with van der Waals surface area (Å²) in [6.07, 6.45) is 0. The van der Waals surface area contributed by atoms with Crippen LogP contribution in [0.4, 0.5) is 5.69 Å². The summed E-state index contributed by atoms with van der Waals surface area (Å²) in [6, 6.07) is 19.2. The number of nitrogens with zero attached hydrogens (tertiary/aromatic N) is 1. The molecule has 0 amide bonds. The lowest BCUT2D eigenvalue weighted by Gasteiger charge is -2.23. The Bertz CT molecular complexity index is 511. The molecule has 21 heavy (non-hydrogen) atoms. The second-order valence-corrected chi connectivity index (χ2v) is 5.07. The Morgan fingerprint density at radius 2 is 1.67 bits per heavy atom. The van der Waals surface area contributed by atoms with E-state index in [4.69, 9.17) is 5.11 Å². The fourth-order valence-electron chi connectivity index (χ4n) is 2.33. The molecule has 3 heteroatoms. The summed E-state index contributed by atoms with van der Waals surface area (Å²) in [4.78, 5) is 2.36. The summed E-state index contributed by atoms with van der Waals surface area (Å²) >= 11 is 0. The molecule has 0 aliphatic rings. The quantitative estimate of drug-likeness (QED) is 0.732. The third-order valence-corrected chi connectivity index (χ3v) is 3.52. The van der Waals surface area contributed by atoms with Gasteiger partial charge in [0.15, 0.2) is 0 Å². The molecule has 0 saturated heterocycles. The predicted octanol–water partition coefficient (Wildman–Crippen LogP) is 2.80. The van der Waals surface area contributed by atoms with E-state index in [1.54, 1.807) is 0 Å². The Hall–Kier alpha value is -1.84. The first-order valence-electron chi connectivity index (χ1n) is 7.53. The number of hydrogen-bond donors (Lipinski definition) is 2. The molecule has 0 saturated carbocycles. The van der Waals surface area contributed by atoms with E-state index >= 15 is 0 Å². The molecule has 2 aromatic carbocycles. The molecule has 112 valence electrons. The second kappa shape index (κ2) is 8.45. The van der Waals surface area contributed by atoms with Gasteiger partial charge >= 0.3 is 0 Å². The molecule has 0 spiro atoms. The van der Waals surface area contributed by atoms with E-state index in [0.29, 0.717) is 6.54 Å². The second-order valence-electron chi connectivity index (χ2n) is 5.07. The van der Waals surface area contributed by atoms with Crippen molar-refractivity contribution in [1.82, 2.24) is 5.32 Å². The highest BCUT2D eigenvalue weighted by Gasteiger charge is 2.05. The molecule has 3 nitrogen and oxygen atoms in total. The van der Waals surface area contributed by atoms with Gasteiger partial charge in [0.25, 0.3) is 0 Å². The topological polar surface area (TPSA) is 35.5 Å². The van der Waals surface area contributed by atoms with Gasteiger partial charge in [-0.2, -0.15) is 0 Å². The van der Waals surface area contributed by atoms with E-state index < -0.39 is 0 Å². The van der Waals surface area contributed by atoms with Crippen LogP contribution in [-0.4, -0.2) is 24.8 Å². The minimum Gasteiger partial charge on any atom is -0.395 e. The highest BCUT2D eigenvalue weighted by Crippen LogP contribution is 2.18. The Balaban J connectivity index is 1.98. The van der Waals surface area contributed by atoms with E-state index in [9.17, 15) is 0 Å². The minimum atomic E-state index is 0.179. The van der Waals surface area contributed by atoms with E-state index in [-0.39, 0.29) is 6.61 Å². The lowest BCUT2D eigenvalue weighted by atomic mass is 10.1. The van der Waals surface area contributed by atoms with Gasteiger partial charge in [0.1, 0.15) is 0 Å². The molecule has 0 bridgehead atoms. The monoisotopic (exact) mass is 284 g/mol. The lowest BCUT2D eigenvalue weighted by Crippen LogP contribution is -2.22. The predicted molar refractivity (Wildman–Crippen MR) is 88.4 cm³/mol. The maximum atomic E-state index is 8.76. The van der Waals surface area contributed by atoms with E-state index in [2.05, 4.69) is 65.7 Å². The van der Waals surface area contributed by atoms with Gasteiger partial charge in [-0.15, -0.1) is 0 Å². The maximum Gasteiger partial charge on any atom is 0.0556 e. The van der Waals surface area contributed by atoms with Gasteiger partial charge in [0.2, 0.25) is 0 Å². The van der Waals surface area contributed by atoms with Crippen LogP contribution in [0.25, 0.3) is 0 Å². The number of aliphatic hydroxyl groups excluding tert-OH is 1. The summed E-state index contributed by atoms with van der Waals surface area (Å²) in [7, 11) is 0. The van der Waals surface area contributed by atoms with Gasteiger partial charge in [0.05, 0.1) is 6.61 Å². The van der Waals surface area contributed by atoms with Crippen LogP contribution in [0.15, 0.2) is 54.6 Å². The van der Waals surface area contributed by atoms with Crippen LogP contribution in [0.5, 0.6) is 0 Å². The van der Waals surface area contributed by atoms with Gasteiger partial charge in [0, 0.05) is 31.9 Å². The first-order valence-corrected chi connectivity index (χ1v) is 7.53. The van der Waals surface area contributed by atoms with E-state index in [0.717, 1.165) is 19.6 Å². The van der Waals surface area contributed by atoms with Crippen LogP contribution in [-0.2, 0) is 13.1 Å². The molecule has 2 aromatic rings. The number of anilines is 1. The normalized spacial score (nSPS) is 10.6. The molecule has 0 aliphatic carbocycles. The van der Waals surface area contributed by atoms with E-state index in [1.807, 2.05) is 6.07 Å². The molecule has 0 aromatic heterocycles. The van der Waals surface area contributed by atoms with Gasteiger partial charge in [-0.3, -0.25) is 0 Å². The molecule has 2 N–H and O–H groups in total. The molecule has 0 aliphatic heterocycles. The fraction of sp³-hybridized carbons (Fsp3) is 0.333. The van der Waals surface area contributed by atoms with Crippen molar-refractivity contribution in [2.75, 3.05) is 24.6 Å². The van der Waals surface area contributed by atoms with Crippen LogP contribution in [0, 0.1) is 0 Å². The van der Waals surface area contributed by atoms with E-state index in [1.165, 1.54) is 16.8 Å². The molecule has 0 radical (unpaired) electrons. The zero-order valence-electron chi connectivity index (χ0n) is 12.6. The van der Waals surface area contributed by atoms with Crippen molar-refractivity contribution in [3.05, 3.63) is 65.7 Å². The summed E-state index contributed by atoms with van der Waals surface area (Å²) in [6.45, 7) is 5.71. The smallest absolute Gasteiger partial charge is 0.0556 e. The van der Waals surface area contributed by atoms with Gasteiger partial charge in [-0.05, 0) is 30.2 Å². The van der Waals surface area contributed by atoms with Crippen LogP contribution < -0.4 is 10.2 Å². The third-order valence-electron chi connectivity index (χ3n) is 3.52. The van der Waals surface area contributed by atoms with Crippen molar-refractivity contribution >= 4 is 5.69 Å². The SMILES string of the molecule is CCN(Cc1ccccc1)c1ccc(CNCCO)cc1. The van der Waals surface area contributed by atoms with Gasteiger partial charge in [-0.1, -0.05) is 42.5 Å². The van der Waals surface area contributed by atoms with Crippen LogP contribution in [0.1, 0.15) is 18.1 Å². The summed E-state index contributed by atoms with van der Waals surface area (Å²) in [5.41, 5.74) is 3.81. The highest BCUT2D eigenvalue weighted by molar-refractivity contribution is 5.48. The number of hydrogen-bond acceptors (Lipinski definition) is 3. The molecule has 0 unspecified atom stereocenters. The number of nitrogens with one attached hydrogen (secondary N) is 1. The van der Waals surface area contributed by atoms with Crippen molar-refractivity contribution in [2.45, 2.75) is 20.0 Å². The molecular formula is C18H24N2O. The molecule has 0 heterocycles. The van der Waals surface area contributed by atoms with Crippen molar-refractivity contribution < 1.29 is 5.11 Å². The Kier molecular flexibility index (Phi) is 6.25. The minimum absolute atomic E-state index is 0.179.